The first-order valence-electron chi connectivity index (χ1n) is 9.08. The minimum Gasteiger partial charge on any atom is -0.481 e. The fraction of sp³-hybridized carbons (Fsp3) is 0.526. The molecule has 1 spiro atoms. The maximum Gasteiger partial charge on any atom is 0.306 e. The predicted molar refractivity (Wildman–Crippen MR) is 90.9 cm³/mol. The van der Waals surface area contributed by atoms with Crippen LogP contribution in [0.15, 0.2) is 12.1 Å². The van der Waals surface area contributed by atoms with Gasteiger partial charge in [0.2, 0.25) is 11.8 Å². The topological polar surface area (TPSA) is 95.5 Å². The third kappa shape index (κ3) is 3.17. The highest BCUT2D eigenvalue weighted by Gasteiger charge is 2.54. The SMILES string of the molecule is O=C1CCC(c2c(F)cc(NC3CC4(C3)CC(C(=O)O)C4)cc2F)C(=O)N1. The Morgan fingerprint density at radius 3 is 2.33 bits per heavy atom. The van der Waals surface area contributed by atoms with Crippen LogP contribution in [0.4, 0.5) is 14.5 Å². The van der Waals surface area contributed by atoms with Crippen LogP contribution in [0.3, 0.4) is 0 Å². The van der Waals surface area contributed by atoms with Crippen LogP contribution in [0, 0.1) is 23.0 Å². The van der Waals surface area contributed by atoms with Crippen molar-refractivity contribution < 1.29 is 28.3 Å². The quantitative estimate of drug-likeness (QED) is 0.700. The van der Waals surface area contributed by atoms with E-state index in [0.717, 1.165) is 12.8 Å². The number of imide groups is 1. The van der Waals surface area contributed by atoms with Gasteiger partial charge in [-0.25, -0.2) is 8.78 Å². The number of piperidine rings is 1. The predicted octanol–water partition coefficient (Wildman–Crippen LogP) is 2.54. The second kappa shape index (κ2) is 6.28. The molecular formula is C19H20F2N2O4. The van der Waals surface area contributed by atoms with Crippen LogP contribution in [0.5, 0.6) is 0 Å². The van der Waals surface area contributed by atoms with E-state index in [1.54, 1.807) is 0 Å². The molecule has 1 aromatic carbocycles. The molecule has 1 aliphatic heterocycles. The van der Waals surface area contributed by atoms with Gasteiger partial charge < -0.3 is 10.4 Å². The van der Waals surface area contributed by atoms with Crippen molar-refractivity contribution in [3.05, 3.63) is 29.3 Å². The van der Waals surface area contributed by atoms with Crippen LogP contribution in [-0.4, -0.2) is 28.9 Å². The number of carbonyl (C=O) groups excluding carboxylic acids is 2. The van der Waals surface area contributed by atoms with Crippen LogP contribution >= 0.6 is 0 Å². The molecule has 3 fully saturated rings. The molecule has 1 atom stereocenters. The Kier molecular flexibility index (Phi) is 4.16. The summed E-state index contributed by atoms with van der Waals surface area (Å²) in [6, 6.07) is 2.40. The summed E-state index contributed by atoms with van der Waals surface area (Å²) in [5.74, 6) is -4.77. The van der Waals surface area contributed by atoms with Gasteiger partial charge in [-0.15, -0.1) is 0 Å². The number of amides is 2. The molecule has 1 unspecified atom stereocenters. The molecule has 0 bridgehead atoms. The monoisotopic (exact) mass is 378 g/mol. The summed E-state index contributed by atoms with van der Waals surface area (Å²) in [5.41, 5.74) is 0.0544. The summed E-state index contributed by atoms with van der Waals surface area (Å²) in [4.78, 5) is 34.0. The van der Waals surface area contributed by atoms with Gasteiger partial charge in [-0.2, -0.15) is 0 Å². The van der Waals surface area contributed by atoms with Crippen LogP contribution in [0.1, 0.15) is 50.0 Å². The molecule has 6 nitrogen and oxygen atoms in total. The average molecular weight is 378 g/mol. The second-order valence-electron chi connectivity index (χ2n) is 8.05. The average Bonchev–Trinajstić information content (AvgIpc) is 2.49. The van der Waals surface area contributed by atoms with E-state index in [0.29, 0.717) is 18.5 Å². The molecule has 3 N–H and O–H groups in total. The Bertz CT molecular complexity index is 804. The zero-order valence-corrected chi connectivity index (χ0v) is 14.6. The minimum absolute atomic E-state index is 0.0524. The third-order valence-electron chi connectivity index (χ3n) is 6.10. The number of halogens is 2. The molecule has 2 saturated carbocycles. The molecule has 2 aliphatic carbocycles. The van der Waals surface area contributed by atoms with Crippen LogP contribution in [0.25, 0.3) is 0 Å². The number of benzene rings is 1. The lowest BCUT2D eigenvalue weighted by Crippen LogP contribution is -2.54. The smallest absolute Gasteiger partial charge is 0.306 e. The number of hydrogen-bond donors (Lipinski definition) is 3. The van der Waals surface area contributed by atoms with Gasteiger partial charge >= 0.3 is 5.97 Å². The molecule has 1 heterocycles. The number of nitrogens with one attached hydrogen (secondary N) is 2. The number of carboxylic acids is 1. The lowest BCUT2D eigenvalue weighted by molar-refractivity contribution is -0.154. The lowest BCUT2D eigenvalue weighted by atomic mass is 9.50. The van der Waals surface area contributed by atoms with E-state index in [-0.39, 0.29) is 35.8 Å². The molecule has 0 aromatic heterocycles. The van der Waals surface area contributed by atoms with E-state index < -0.39 is 35.3 Å². The van der Waals surface area contributed by atoms with Gasteiger partial charge in [0.15, 0.2) is 0 Å². The Balaban J connectivity index is 1.40. The van der Waals surface area contributed by atoms with E-state index in [4.69, 9.17) is 5.11 Å². The molecule has 8 heteroatoms. The zero-order chi connectivity index (χ0) is 19.3. The highest BCUT2D eigenvalue weighted by molar-refractivity contribution is 6.01. The Hall–Kier alpha value is -2.51. The first kappa shape index (κ1) is 17.9. The summed E-state index contributed by atoms with van der Waals surface area (Å²) in [5, 5.41) is 14.2. The first-order valence-corrected chi connectivity index (χ1v) is 9.08. The van der Waals surface area contributed by atoms with Crippen molar-refractivity contribution in [1.82, 2.24) is 5.32 Å². The normalized spacial score (nSPS) is 32.4. The number of aliphatic carboxylic acids is 1. The second-order valence-corrected chi connectivity index (χ2v) is 8.05. The van der Waals surface area contributed by atoms with Crippen molar-refractivity contribution >= 4 is 23.5 Å². The maximum atomic E-state index is 14.5. The van der Waals surface area contributed by atoms with Crippen LogP contribution < -0.4 is 10.6 Å². The van der Waals surface area contributed by atoms with Gasteiger partial charge in [-0.1, -0.05) is 0 Å². The summed E-state index contributed by atoms with van der Waals surface area (Å²) >= 11 is 0. The summed E-state index contributed by atoms with van der Waals surface area (Å²) in [6.07, 6.45) is 3.04. The molecule has 3 aliphatic rings. The van der Waals surface area contributed by atoms with E-state index in [1.807, 2.05) is 0 Å². The van der Waals surface area contributed by atoms with E-state index >= 15 is 0 Å². The van der Waals surface area contributed by atoms with Crippen molar-refractivity contribution in [2.45, 2.75) is 50.5 Å². The largest absolute Gasteiger partial charge is 0.481 e. The van der Waals surface area contributed by atoms with Gasteiger partial charge in [0.25, 0.3) is 0 Å². The molecule has 1 aromatic rings. The van der Waals surface area contributed by atoms with Crippen molar-refractivity contribution in [1.29, 1.82) is 0 Å². The highest BCUT2D eigenvalue weighted by atomic mass is 19.1. The fourth-order valence-corrected chi connectivity index (χ4v) is 4.79. The zero-order valence-electron chi connectivity index (χ0n) is 14.6. The molecule has 27 heavy (non-hydrogen) atoms. The Morgan fingerprint density at radius 1 is 1.15 bits per heavy atom. The number of anilines is 1. The first-order chi connectivity index (χ1) is 12.8. The molecule has 144 valence electrons. The van der Waals surface area contributed by atoms with Gasteiger partial charge in [0, 0.05) is 23.7 Å². The standard InChI is InChI=1S/C19H20F2N2O4/c20-13-3-10(22-11-7-19(8-11)5-9(6-19)18(26)27)4-14(21)16(13)12-1-2-15(24)23-17(12)25/h3-4,9,11-12,22H,1-2,5-8H2,(H,26,27)(H,23,24,25). The van der Waals surface area contributed by atoms with Crippen LogP contribution in [0.2, 0.25) is 0 Å². The fourth-order valence-electron chi connectivity index (χ4n) is 4.79. The van der Waals surface area contributed by atoms with Crippen LogP contribution in [-0.2, 0) is 14.4 Å². The lowest BCUT2D eigenvalue weighted by Gasteiger charge is -2.57. The van der Waals surface area contributed by atoms with E-state index in [2.05, 4.69) is 10.6 Å². The molecule has 2 amide bonds. The number of carboxylic acid groups (broad SMARTS) is 1. The molecular weight excluding hydrogens is 358 g/mol. The molecule has 1 saturated heterocycles. The van der Waals surface area contributed by atoms with Gasteiger partial charge in [-0.3, -0.25) is 19.7 Å². The van der Waals surface area contributed by atoms with Crippen molar-refractivity contribution in [3.63, 3.8) is 0 Å². The third-order valence-corrected chi connectivity index (χ3v) is 6.10. The van der Waals surface area contributed by atoms with Crippen molar-refractivity contribution in [2.24, 2.45) is 11.3 Å². The highest BCUT2D eigenvalue weighted by Crippen LogP contribution is 2.59. The number of rotatable bonds is 4. The van der Waals surface area contributed by atoms with E-state index in [9.17, 15) is 23.2 Å². The number of carbonyl (C=O) groups is 3. The summed E-state index contributed by atoms with van der Waals surface area (Å²) in [7, 11) is 0. The van der Waals surface area contributed by atoms with Crippen molar-refractivity contribution in [2.75, 3.05) is 5.32 Å². The number of hydrogen-bond acceptors (Lipinski definition) is 4. The summed E-state index contributed by atoms with van der Waals surface area (Å²) < 4.78 is 29.0. The van der Waals surface area contributed by atoms with Gasteiger partial charge in [0.1, 0.15) is 11.6 Å². The van der Waals surface area contributed by atoms with Crippen molar-refractivity contribution in [3.8, 4) is 0 Å². The molecule has 4 rings (SSSR count). The Morgan fingerprint density at radius 2 is 1.78 bits per heavy atom. The summed E-state index contributed by atoms with van der Waals surface area (Å²) in [6.45, 7) is 0. The van der Waals surface area contributed by atoms with Gasteiger partial charge in [0.05, 0.1) is 11.8 Å². The van der Waals surface area contributed by atoms with Gasteiger partial charge in [-0.05, 0) is 49.7 Å². The molecule has 0 radical (unpaired) electrons. The van der Waals surface area contributed by atoms with E-state index in [1.165, 1.54) is 12.1 Å². The minimum atomic E-state index is -1.01. The maximum absolute atomic E-state index is 14.5. The Labute approximate surface area is 154 Å².